The van der Waals surface area contributed by atoms with Crippen LogP contribution in [0.3, 0.4) is 0 Å². The summed E-state index contributed by atoms with van der Waals surface area (Å²) in [5.41, 5.74) is 3.05. The van der Waals surface area contributed by atoms with Gasteiger partial charge in [0.25, 0.3) is 21.3 Å². The van der Waals surface area contributed by atoms with Gasteiger partial charge in [-0.2, -0.15) is 17.0 Å². The second-order valence-electron chi connectivity index (χ2n) is 7.37. The monoisotopic (exact) mass is 460 g/mol. The zero-order chi connectivity index (χ0) is 22.0. The van der Waals surface area contributed by atoms with E-state index in [9.17, 15) is 13.2 Å². The normalized spacial score (nSPS) is 15.6. The molecule has 4 rings (SSSR count). The van der Waals surface area contributed by atoms with E-state index in [1.165, 1.54) is 34.5 Å². The predicted octanol–water partition coefficient (Wildman–Crippen LogP) is 2.68. The number of aromatic nitrogens is 1. The van der Waals surface area contributed by atoms with Crippen LogP contribution in [0.15, 0.2) is 58.2 Å². The molecule has 0 saturated carbocycles. The summed E-state index contributed by atoms with van der Waals surface area (Å²) in [6, 6.07) is 15.1. The van der Waals surface area contributed by atoms with E-state index in [4.69, 9.17) is 4.42 Å². The summed E-state index contributed by atoms with van der Waals surface area (Å²) in [6.45, 7) is 1.29. The van der Waals surface area contributed by atoms with Crippen molar-refractivity contribution in [3.8, 4) is 0 Å². The molecule has 31 heavy (non-hydrogen) atoms. The molecule has 2 heterocycles. The standard InChI is InChI=1S/C21H24N4O4S2/c1-23(2)31(27,28)25-13-11-24(12-14-25)20(26)17-8-4-3-7-16(17)15-30-21-22-18-9-5-6-10-19(18)29-21/h3-10H,11-15H2,1-2H3. The van der Waals surface area contributed by atoms with Crippen molar-refractivity contribution in [2.24, 2.45) is 0 Å². The van der Waals surface area contributed by atoms with Crippen LogP contribution in [-0.2, 0) is 16.0 Å². The number of nitrogens with zero attached hydrogens (tertiary/aromatic N) is 4. The highest BCUT2D eigenvalue weighted by atomic mass is 32.2. The van der Waals surface area contributed by atoms with Crippen LogP contribution >= 0.6 is 11.8 Å². The van der Waals surface area contributed by atoms with Crippen LogP contribution in [0.1, 0.15) is 15.9 Å². The molecule has 8 nitrogen and oxygen atoms in total. The van der Waals surface area contributed by atoms with Crippen molar-refractivity contribution in [1.29, 1.82) is 0 Å². The minimum Gasteiger partial charge on any atom is -0.431 e. The maximum absolute atomic E-state index is 13.2. The topological polar surface area (TPSA) is 87.0 Å². The molecule has 10 heteroatoms. The lowest BCUT2D eigenvalue weighted by molar-refractivity contribution is 0.0694. The lowest BCUT2D eigenvalue weighted by Crippen LogP contribution is -2.53. The molecule has 3 aromatic rings. The molecule has 0 spiro atoms. The minimum atomic E-state index is -3.46. The highest BCUT2D eigenvalue weighted by Crippen LogP contribution is 2.28. The molecule has 0 aliphatic carbocycles. The number of carbonyl (C=O) groups excluding carboxylic acids is 1. The number of para-hydroxylation sites is 2. The molecule has 164 valence electrons. The van der Waals surface area contributed by atoms with Gasteiger partial charge in [-0.05, 0) is 23.8 Å². The Kier molecular flexibility index (Phi) is 6.33. The van der Waals surface area contributed by atoms with Gasteiger partial charge < -0.3 is 9.32 Å². The van der Waals surface area contributed by atoms with Gasteiger partial charge in [0.15, 0.2) is 5.58 Å². The lowest BCUT2D eigenvalue weighted by atomic mass is 10.1. The van der Waals surface area contributed by atoms with Crippen molar-refractivity contribution in [3.05, 3.63) is 59.7 Å². The summed E-state index contributed by atoms with van der Waals surface area (Å²) in [5, 5.41) is 0.561. The van der Waals surface area contributed by atoms with Gasteiger partial charge in [-0.1, -0.05) is 42.1 Å². The van der Waals surface area contributed by atoms with Crippen LogP contribution in [0.2, 0.25) is 0 Å². The van der Waals surface area contributed by atoms with Crippen LogP contribution < -0.4 is 0 Å². The summed E-state index contributed by atoms with van der Waals surface area (Å²) >= 11 is 1.44. The smallest absolute Gasteiger partial charge is 0.281 e. The van der Waals surface area contributed by atoms with Crippen molar-refractivity contribution in [3.63, 3.8) is 0 Å². The Morgan fingerprint density at radius 3 is 2.45 bits per heavy atom. The molecule has 1 saturated heterocycles. The Labute approximate surface area is 186 Å². The molecular weight excluding hydrogens is 436 g/mol. The van der Waals surface area contributed by atoms with Gasteiger partial charge in [0.05, 0.1) is 0 Å². The fourth-order valence-electron chi connectivity index (χ4n) is 3.43. The Morgan fingerprint density at radius 1 is 1.06 bits per heavy atom. The maximum atomic E-state index is 13.2. The largest absolute Gasteiger partial charge is 0.431 e. The van der Waals surface area contributed by atoms with E-state index in [0.717, 1.165) is 16.7 Å². The molecule has 1 fully saturated rings. The van der Waals surface area contributed by atoms with E-state index >= 15 is 0 Å². The second-order valence-corrected chi connectivity index (χ2v) is 10.4. The Bertz CT molecular complexity index is 1150. The van der Waals surface area contributed by atoms with Crippen LogP contribution in [0.4, 0.5) is 0 Å². The molecule has 1 aliphatic rings. The first kappa shape index (κ1) is 21.8. The fourth-order valence-corrected chi connectivity index (χ4v) is 5.36. The fraction of sp³-hybridized carbons (Fsp3) is 0.333. The first-order chi connectivity index (χ1) is 14.9. The zero-order valence-electron chi connectivity index (χ0n) is 17.4. The number of oxazole rings is 1. The average molecular weight is 461 g/mol. The highest BCUT2D eigenvalue weighted by Gasteiger charge is 2.31. The lowest BCUT2D eigenvalue weighted by Gasteiger charge is -2.35. The van der Waals surface area contributed by atoms with Crippen LogP contribution in [0, 0.1) is 0 Å². The van der Waals surface area contributed by atoms with E-state index in [2.05, 4.69) is 4.98 Å². The summed E-state index contributed by atoms with van der Waals surface area (Å²) in [4.78, 5) is 19.3. The van der Waals surface area contributed by atoms with E-state index in [0.29, 0.717) is 29.6 Å². The molecule has 1 aromatic heterocycles. The van der Waals surface area contributed by atoms with Gasteiger partial charge in [0.2, 0.25) is 0 Å². The number of amides is 1. The van der Waals surface area contributed by atoms with Crippen molar-refractivity contribution in [2.45, 2.75) is 11.0 Å². The first-order valence-electron chi connectivity index (χ1n) is 9.89. The van der Waals surface area contributed by atoms with Gasteiger partial charge in [-0.25, -0.2) is 4.98 Å². The molecule has 0 unspecified atom stereocenters. The maximum Gasteiger partial charge on any atom is 0.281 e. The van der Waals surface area contributed by atoms with Gasteiger partial charge >= 0.3 is 0 Å². The zero-order valence-corrected chi connectivity index (χ0v) is 19.0. The summed E-state index contributed by atoms with van der Waals surface area (Å²) in [5.74, 6) is 0.458. The molecule has 0 atom stereocenters. The predicted molar refractivity (Wildman–Crippen MR) is 120 cm³/mol. The van der Waals surface area contributed by atoms with Crippen molar-refractivity contribution >= 4 is 39.0 Å². The molecule has 1 amide bonds. The molecule has 2 aromatic carbocycles. The van der Waals surface area contributed by atoms with Gasteiger partial charge in [-0.3, -0.25) is 4.79 Å². The van der Waals surface area contributed by atoms with E-state index in [1.54, 1.807) is 4.90 Å². The van der Waals surface area contributed by atoms with Crippen molar-refractivity contribution in [2.75, 3.05) is 40.3 Å². The van der Waals surface area contributed by atoms with Gasteiger partial charge in [0, 0.05) is 51.6 Å². The number of piperazine rings is 1. The number of thioether (sulfide) groups is 1. The molecule has 1 aliphatic heterocycles. The van der Waals surface area contributed by atoms with Crippen LogP contribution in [0.5, 0.6) is 0 Å². The van der Waals surface area contributed by atoms with Gasteiger partial charge in [-0.15, -0.1) is 0 Å². The number of hydrogen-bond acceptors (Lipinski definition) is 6. The third-order valence-corrected chi connectivity index (χ3v) is 8.00. The number of carbonyl (C=O) groups is 1. The van der Waals surface area contributed by atoms with Gasteiger partial charge in [0.1, 0.15) is 5.52 Å². The van der Waals surface area contributed by atoms with Crippen LogP contribution in [0.25, 0.3) is 11.1 Å². The van der Waals surface area contributed by atoms with E-state index in [-0.39, 0.29) is 19.0 Å². The second kappa shape index (κ2) is 8.99. The summed E-state index contributed by atoms with van der Waals surface area (Å²) < 4.78 is 33.0. The first-order valence-corrected chi connectivity index (χ1v) is 12.3. The molecular formula is C21H24N4O4S2. The highest BCUT2D eigenvalue weighted by molar-refractivity contribution is 7.98. The summed E-state index contributed by atoms with van der Waals surface area (Å²) in [6.07, 6.45) is 0. The van der Waals surface area contributed by atoms with Crippen LogP contribution in [-0.4, -0.2) is 73.1 Å². The SMILES string of the molecule is CN(C)S(=O)(=O)N1CCN(C(=O)c2ccccc2CSc2nc3ccccc3o2)CC1. The molecule has 0 radical (unpaired) electrons. The number of fused-ring (bicyclic) bond motifs is 1. The Hall–Kier alpha value is -2.40. The third-order valence-electron chi connectivity index (χ3n) is 5.19. The number of rotatable bonds is 6. The third kappa shape index (κ3) is 4.62. The van der Waals surface area contributed by atoms with E-state index < -0.39 is 10.2 Å². The minimum absolute atomic E-state index is 0.0873. The Morgan fingerprint density at radius 2 is 1.74 bits per heavy atom. The average Bonchev–Trinajstić information content (AvgIpc) is 3.20. The van der Waals surface area contributed by atoms with Crippen molar-refractivity contribution in [1.82, 2.24) is 18.5 Å². The quantitative estimate of drug-likeness (QED) is 0.526. The summed E-state index contributed by atoms with van der Waals surface area (Å²) in [7, 11) is -0.441. The Balaban J connectivity index is 1.44. The number of hydrogen-bond donors (Lipinski definition) is 0. The van der Waals surface area contributed by atoms with E-state index in [1.807, 2.05) is 48.5 Å². The number of benzene rings is 2. The molecule has 0 bridgehead atoms. The van der Waals surface area contributed by atoms with Crippen molar-refractivity contribution < 1.29 is 17.6 Å². The molecule has 0 N–H and O–H groups in total.